The second-order valence-electron chi connectivity index (χ2n) is 5.82. The molecule has 0 atom stereocenters. The molecule has 1 aromatic carbocycles. The van der Waals surface area contributed by atoms with Crippen molar-refractivity contribution in [3.05, 3.63) is 46.8 Å². The molecule has 1 aliphatic heterocycles. The molecule has 1 saturated heterocycles. The van der Waals surface area contributed by atoms with Gasteiger partial charge >= 0.3 is 0 Å². The van der Waals surface area contributed by atoms with Crippen LogP contribution >= 0.6 is 15.9 Å². The fourth-order valence-corrected chi connectivity index (χ4v) is 4.47. The van der Waals surface area contributed by atoms with Crippen molar-refractivity contribution >= 4 is 31.8 Å². The fraction of sp³-hybridized carbons (Fsp3) is 0.375. The monoisotopic (exact) mass is 410 g/mol. The van der Waals surface area contributed by atoms with Crippen LogP contribution < -0.4 is 5.32 Å². The van der Waals surface area contributed by atoms with E-state index in [1.807, 2.05) is 13.0 Å². The van der Waals surface area contributed by atoms with Gasteiger partial charge in [-0.15, -0.1) is 0 Å². The van der Waals surface area contributed by atoms with Gasteiger partial charge in [0.05, 0.1) is 4.90 Å². The van der Waals surface area contributed by atoms with Crippen LogP contribution in [0.25, 0.3) is 0 Å². The Labute approximate surface area is 150 Å². The Kier molecular flexibility index (Phi) is 5.17. The highest BCUT2D eigenvalue weighted by atomic mass is 79.9. The van der Waals surface area contributed by atoms with E-state index in [4.69, 9.17) is 0 Å². The molecule has 6 nitrogen and oxygen atoms in total. The summed E-state index contributed by atoms with van der Waals surface area (Å²) in [7, 11) is -3.42. The van der Waals surface area contributed by atoms with Gasteiger partial charge in [0, 0.05) is 35.4 Å². The maximum absolute atomic E-state index is 12.7. The Bertz CT molecular complexity index is 803. The second-order valence-corrected chi connectivity index (χ2v) is 8.67. The Hall–Kier alpha value is -1.51. The van der Waals surface area contributed by atoms with Crippen LogP contribution in [0.1, 0.15) is 18.5 Å². The van der Waals surface area contributed by atoms with Crippen molar-refractivity contribution in [2.45, 2.75) is 30.7 Å². The van der Waals surface area contributed by atoms with E-state index in [-0.39, 0.29) is 6.04 Å². The second kappa shape index (κ2) is 7.16. The maximum Gasteiger partial charge on any atom is 0.243 e. The Morgan fingerprint density at radius 1 is 1.17 bits per heavy atom. The lowest BCUT2D eigenvalue weighted by Gasteiger charge is -2.31. The van der Waals surface area contributed by atoms with E-state index < -0.39 is 10.0 Å². The Balaban J connectivity index is 1.63. The molecule has 1 N–H and O–H groups in total. The molecule has 0 bridgehead atoms. The summed E-state index contributed by atoms with van der Waals surface area (Å²) in [6.45, 7) is 2.92. The van der Waals surface area contributed by atoms with Crippen molar-refractivity contribution in [3.8, 4) is 0 Å². The van der Waals surface area contributed by atoms with E-state index >= 15 is 0 Å². The summed E-state index contributed by atoms with van der Waals surface area (Å²) in [4.78, 5) is 8.61. The number of piperidine rings is 1. The fourth-order valence-electron chi connectivity index (χ4n) is 2.74. The number of sulfonamides is 1. The smallest absolute Gasteiger partial charge is 0.243 e. The first-order valence-electron chi connectivity index (χ1n) is 7.76. The summed E-state index contributed by atoms with van der Waals surface area (Å²) >= 11 is 3.33. The van der Waals surface area contributed by atoms with Crippen LogP contribution in [-0.2, 0) is 10.0 Å². The quantitative estimate of drug-likeness (QED) is 0.838. The zero-order valence-electron chi connectivity index (χ0n) is 13.3. The average Bonchev–Trinajstić information content (AvgIpc) is 2.56. The molecule has 24 heavy (non-hydrogen) atoms. The van der Waals surface area contributed by atoms with Crippen LogP contribution in [0.2, 0.25) is 0 Å². The molecule has 1 aromatic heterocycles. The van der Waals surface area contributed by atoms with Crippen LogP contribution in [0.15, 0.2) is 46.0 Å². The van der Waals surface area contributed by atoms with Crippen molar-refractivity contribution in [2.75, 3.05) is 18.4 Å². The van der Waals surface area contributed by atoms with Gasteiger partial charge in [0.15, 0.2) is 0 Å². The predicted molar refractivity (Wildman–Crippen MR) is 96.3 cm³/mol. The van der Waals surface area contributed by atoms with Crippen molar-refractivity contribution in [2.24, 2.45) is 0 Å². The molecule has 0 spiro atoms. The lowest BCUT2D eigenvalue weighted by molar-refractivity contribution is 0.329. The first kappa shape index (κ1) is 17.3. The summed E-state index contributed by atoms with van der Waals surface area (Å²) in [5.74, 6) is 0.789. The Morgan fingerprint density at radius 3 is 2.46 bits per heavy atom. The predicted octanol–water partition coefficient (Wildman–Crippen LogP) is 2.81. The first-order chi connectivity index (χ1) is 11.4. The van der Waals surface area contributed by atoms with Crippen LogP contribution in [0.3, 0.4) is 0 Å². The van der Waals surface area contributed by atoms with Gasteiger partial charge in [-0.05, 0) is 44.0 Å². The van der Waals surface area contributed by atoms with Gasteiger partial charge in [-0.3, -0.25) is 0 Å². The summed E-state index contributed by atoms with van der Waals surface area (Å²) in [5, 5.41) is 3.36. The normalized spacial score (nSPS) is 16.9. The third-order valence-electron chi connectivity index (χ3n) is 4.06. The number of nitrogens with zero attached hydrogens (tertiary/aromatic N) is 3. The van der Waals surface area contributed by atoms with Gasteiger partial charge in [0.1, 0.15) is 12.1 Å². The molecule has 2 aromatic rings. The molecule has 1 fully saturated rings. The maximum atomic E-state index is 12.7. The van der Waals surface area contributed by atoms with Gasteiger partial charge in [0.25, 0.3) is 0 Å². The van der Waals surface area contributed by atoms with E-state index in [0.717, 1.165) is 28.8 Å². The molecular formula is C16H19BrN4O2S. The van der Waals surface area contributed by atoms with Crippen molar-refractivity contribution in [1.82, 2.24) is 14.3 Å². The molecule has 128 valence electrons. The van der Waals surface area contributed by atoms with Crippen molar-refractivity contribution in [3.63, 3.8) is 0 Å². The highest BCUT2D eigenvalue weighted by Crippen LogP contribution is 2.23. The van der Waals surface area contributed by atoms with Gasteiger partial charge < -0.3 is 5.32 Å². The topological polar surface area (TPSA) is 75.2 Å². The van der Waals surface area contributed by atoms with Crippen LogP contribution in [0.4, 0.5) is 5.82 Å². The van der Waals surface area contributed by atoms with Crippen LogP contribution in [0, 0.1) is 6.92 Å². The molecule has 8 heteroatoms. The van der Waals surface area contributed by atoms with Crippen LogP contribution in [0.5, 0.6) is 0 Å². The zero-order valence-corrected chi connectivity index (χ0v) is 15.7. The standard InChI is InChI=1S/C16H19BrN4O2S/c1-12-10-16(19-11-18-12)20-14-6-8-21(9-7-14)24(22,23)15-4-2-13(17)3-5-15/h2-5,10-11,14H,6-9H2,1H3,(H,18,19,20). The lowest BCUT2D eigenvalue weighted by atomic mass is 10.1. The van der Waals surface area contributed by atoms with Crippen molar-refractivity contribution < 1.29 is 8.42 Å². The summed E-state index contributed by atoms with van der Waals surface area (Å²) in [5.41, 5.74) is 0.905. The first-order valence-corrected chi connectivity index (χ1v) is 9.99. The number of nitrogens with one attached hydrogen (secondary N) is 1. The van der Waals surface area contributed by atoms with E-state index in [0.29, 0.717) is 18.0 Å². The number of hydrogen-bond donors (Lipinski definition) is 1. The molecule has 0 unspecified atom stereocenters. The summed E-state index contributed by atoms with van der Waals surface area (Å²) in [6.07, 6.45) is 3.03. The highest BCUT2D eigenvalue weighted by molar-refractivity contribution is 9.10. The third kappa shape index (κ3) is 3.93. The van der Waals surface area contributed by atoms with Gasteiger partial charge in [0.2, 0.25) is 10.0 Å². The van der Waals surface area contributed by atoms with Crippen LogP contribution in [-0.4, -0.2) is 41.8 Å². The summed E-state index contributed by atoms with van der Waals surface area (Å²) < 4.78 is 27.8. The molecule has 1 aliphatic rings. The number of halogens is 1. The molecule has 0 aliphatic carbocycles. The van der Waals surface area contributed by atoms with E-state index in [9.17, 15) is 8.42 Å². The third-order valence-corrected chi connectivity index (χ3v) is 6.50. The number of rotatable bonds is 4. The number of aryl methyl sites for hydroxylation is 1. The minimum Gasteiger partial charge on any atom is -0.367 e. The molecule has 0 amide bonds. The number of aromatic nitrogens is 2. The molecule has 2 heterocycles. The lowest BCUT2D eigenvalue weighted by Crippen LogP contribution is -2.42. The van der Waals surface area contributed by atoms with E-state index in [1.165, 1.54) is 6.33 Å². The molecule has 0 saturated carbocycles. The molecule has 0 radical (unpaired) electrons. The highest BCUT2D eigenvalue weighted by Gasteiger charge is 2.29. The minimum atomic E-state index is -3.42. The zero-order chi connectivity index (χ0) is 17.2. The van der Waals surface area contributed by atoms with Gasteiger partial charge in [-0.1, -0.05) is 15.9 Å². The SMILES string of the molecule is Cc1cc(NC2CCN(S(=O)(=O)c3ccc(Br)cc3)CC2)ncn1. The van der Waals surface area contributed by atoms with Gasteiger partial charge in [-0.2, -0.15) is 4.31 Å². The van der Waals surface area contributed by atoms with Crippen molar-refractivity contribution in [1.29, 1.82) is 0 Å². The molecule has 3 rings (SSSR count). The number of anilines is 1. The minimum absolute atomic E-state index is 0.218. The number of hydrogen-bond acceptors (Lipinski definition) is 5. The van der Waals surface area contributed by atoms with E-state index in [1.54, 1.807) is 28.6 Å². The molecular weight excluding hydrogens is 392 g/mol. The summed E-state index contributed by atoms with van der Waals surface area (Å²) in [6, 6.07) is 8.87. The Morgan fingerprint density at radius 2 is 1.83 bits per heavy atom. The largest absolute Gasteiger partial charge is 0.367 e. The number of benzene rings is 1. The van der Waals surface area contributed by atoms with E-state index in [2.05, 4.69) is 31.2 Å². The average molecular weight is 411 g/mol. The van der Waals surface area contributed by atoms with Gasteiger partial charge in [-0.25, -0.2) is 18.4 Å².